The van der Waals surface area contributed by atoms with Crippen LogP contribution in [0.15, 0.2) is 24.5 Å². The Morgan fingerprint density at radius 1 is 1.25 bits per heavy atom. The number of imidazole rings is 1. The van der Waals surface area contributed by atoms with Crippen LogP contribution in [0.2, 0.25) is 0 Å². The number of carbonyl (C=O) groups excluding carboxylic acids is 1. The minimum absolute atomic E-state index is 0.0412. The summed E-state index contributed by atoms with van der Waals surface area (Å²) in [5, 5.41) is 9.05. The van der Waals surface area contributed by atoms with Crippen molar-refractivity contribution in [3.63, 3.8) is 0 Å². The molecule has 0 saturated heterocycles. The first kappa shape index (κ1) is 14.0. The first-order valence-electron chi connectivity index (χ1n) is 6.51. The lowest BCUT2D eigenvalue weighted by molar-refractivity contribution is 0.0687. The van der Waals surface area contributed by atoms with E-state index in [0.717, 1.165) is 17.5 Å². The van der Waals surface area contributed by atoms with Crippen LogP contribution in [0, 0.1) is 0 Å². The zero-order valence-electron chi connectivity index (χ0n) is 11.4. The largest absolute Gasteiger partial charge is 0.477 e. The van der Waals surface area contributed by atoms with Crippen molar-refractivity contribution < 1.29 is 14.7 Å². The van der Waals surface area contributed by atoms with Crippen LogP contribution in [0.1, 0.15) is 51.5 Å². The number of aromatic carboxylic acids is 1. The third-order valence-electron chi connectivity index (χ3n) is 3.28. The standard InChI is InChI=1S/C15H16N2O3/c1-3-9-5-6-10(4-2)11(7-9)14(18)12-13(15(19)20)17-8-16-12/h5-8H,3-4H2,1-2H3,(H,16,17)(H,19,20). The summed E-state index contributed by atoms with van der Waals surface area (Å²) in [4.78, 5) is 30.0. The van der Waals surface area contributed by atoms with Gasteiger partial charge in [-0.05, 0) is 30.0 Å². The highest BCUT2D eigenvalue weighted by Crippen LogP contribution is 2.18. The van der Waals surface area contributed by atoms with E-state index in [1.807, 2.05) is 32.0 Å². The molecule has 1 aromatic carbocycles. The molecule has 2 aromatic rings. The summed E-state index contributed by atoms with van der Waals surface area (Å²) in [6, 6.07) is 5.72. The molecule has 0 radical (unpaired) electrons. The van der Waals surface area contributed by atoms with E-state index < -0.39 is 5.97 Å². The van der Waals surface area contributed by atoms with Crippen LogP contribution in [0.3, 0.4) is 0 Å². The molecule has 20 heavy (non-hydrogen) atoms. The molecule has 0 saturated carbocycles. The Bertz CT molecular complexity index is 659. The van der Waals surface area contributed by atoms with Crippen molar-refractivity contribution in [3.05, 3.63) is 52.6 Å². The van der Waals surface area contributed by atoms with Gasteiger partial charge < -0.3 is 10.1 Å². The molecule has 0 aliphatic heterocycles. The van der Waals surface area contributed by atoms with Gasteiger partial charge in [-0.25, -0.2) is 9.78 Å². The molecule has 104 valence electrons. The Morgan fingerprint density at radius 3 is 2.60 bits per heavy atom. The highest BCUT2D eigenvalue weighted by molar-refractivity contribution is 6.13. The maximum atomic E-state index is 12.5. The second-order valence-electron chi connectivity index (χ2n) is 4.46. The molecule has 1 heterocycles. The Kier molecular flexibility index (Phi) is 3.98. The van der Waals surface area contributed by atoms with Gasteiger partial charge in [-0.15, -0.1) is 0 Å². The summed E-state index contributed by atoms with van der Waals surface area (Å²) in [5.74, 6) is -1.54. The Hall–Kier alpha value is -2.43. The summed E-state index contributed by atoms with van der Waals surface area (Å²) < 4.78 is 0. The third kappa shape index (κ3) is 2.47. The number of carboxylic acids is 1. The highest BCUT2D eigenvalue weighted by Gasteiger charge is 2.22. The lowest BCUT2D eigenvalue weighted by Crippen LogP contribution is -2.12. The summed E-state index contributed by atoms with van der Waals surface area (Å²) in [5.41, 5.74) is 2.25. The summed E-state index contributed by atoms with van der Waals surface area (Å²) in [6.45, 7) is 3.97. The van der Waals surface area contributed by atoms with Crippen molar-refractivity contribution >= 4 is 11.8 Å². The maximum absolute atomic E-state index is 12.5. The number of benzene rings is 1. The molecule has 0 fully saturated rings. The van der Waals surface area contributed by atoms with E-state index in [-0.39, 0.29) is 17.2 Å². The number of aromatic amines is 1. The molecule has 2 rings (SSSR count). The topological polar surface area (TPSA) is 83.0 Å². The average molecular weight is 272 g/mol. The molecule has 5 nitrogen and oxygen atoms in total. The van der Waals surface area contributed by atoms with Gasteiger partial charge in [0.25, 0.3) is 0 Å². The predicted octanol–water partition coefficient (Wildman–Crippen LogP) is 2.46. The van der Waals surface area contributed by atoms with Gasteiger partial charge in [0.15, 0.2) is 5.69 Å². The number of aryl methyl sites for hydroxylation is 2. The van der Waals surface area contributed by atoms with Gasteiger partial charge in [0.1, 0.15) is 5.69 Å². The van der Waals surface area contributed by atoms with Crippen LogP contribution in [-0.2, 0) is 12.8 Å². The van der Waals surface area contributed by atoms with Crippen molar-refractivity contribution in [2.45, 2.75) is 26.7 Å². The fourth-order valence-electron chi connectivity index (χ4n) is 2.12. The average Bonchev–Trinajstić information content (AvgIpc) is 2.95. The van der Waals surface area contributed by atoms with Crippen LogP contribution >= 0.6 is 0 Å². The quantitative estimate of drug-likeness (QED) is 0.819. The normalized spacial score (nSPS) is 10.5. The van der Waals surface area contributed by atoms with E-state index in [0.29, 0.717) is 12.0 Å². The van der Waals surface area contributed by atoms with E-state index in [1.54, 1.807) is 0 Å². The van der Waals surface area contributed by atoms with Gasteiger partial charge in [-0.3, -0.25) is 4.79 Å². The number of rotatable bonds is 5. The number of hydrogen-bond acceptors (Lipinski definition) is 3. The van der Waals surface area contributed by atoms with Crippen LogP contribution in [0.5, 0.6) is 0 Å². The lowest BCUT2D eigenvalue weighted by atomic mass is 9.96. The lowest BCUT2D eigenvalue weighted by Gasteiger charge is -2.08. The molecule has 0 unspecified atom stereocenters. The monoisotopic (exact) mass is 272 g/mol. The van der Waals surface area contributed by atoms with Crippen molar-refractivity contribution in [2.24, 2.45) is 0 Å². The smallest absolute Gasteiger partial charge is 0.354 e. The second-order valence-corrected chi connectivity index (χ2v) is 4.46. The number of carboxylic acid groups (broad SMARTS) is 1. The summed E-state index contributed by atoms with van der Waals surface area (Å²) in [7, 11) is 0. The minimum atomic E-state index is -1.18. The molecule has 0 aliphatic rings. The van der Waals surface area contributed by atoms with Crippen molar-refractivity contribution in [2.75, 3.05) is 0 Å². The molecular weight excluding hydrogens is 256 g/mol. The number of aromatic nitrogens is 2. The van der Waals surface area contributed by atoms with Crippen molar-refractivity contribution in [1.82, 2.24) is 9.97 Å². The Balaban J connectivity index is 2.52. The van der Waals surface area contributed by atoms with Crippen molar-refractivity contribution in [1.29, 1.82) is 0 Å². The minimum Gasteiger partial charge on any atom is -0.477 e. The number of ketones is 1. The molecule has 0 bridgehead atoms. The summed E-state index contributed by atoms with van der Waals surface area (Å²) >= 11 is 0. The fraction of sp³-hybridized carbons (Fsp3) is 0.267. The molecule has 1 aromatic heterocycles. The van der Waals surface area contributed by atoms with E-state index in [1.165, 1.54) is 6.33 Å². The number of carbonyl (C=O) groups is 2. The van der Waals surface area contributed by atoms with Crippen LogP contribution in [-0.4, -0.2) is 26.8 Å². The molecular formula is C15H16N2O3. The van der Waals surface area contributed by atoms with Crippen LogP contribution < -0.4 is 0 Å². The van der Waals surface area contributed by atoms with E-state index >= 15 is 0 Å². The van der Waals surface area contributed by atoms with Gasteiger partial charge >= 0.3 is 5.97 Å². The van der Waals surface area contributed by atoms with Gasteiger partial charge in [0.05, 0.1) is 6.33 Å². The SMILES string of the molecule is CCc1ccc(CC)c(C(=O)c2nc[nH]c2C(=O)O)c1. The second kappa shape index (κ2) is 5.69. The molecule has 0 spiro atoms. The number of nitrogens with one attached hydrogen (secondary N) is 1. The molecule has 0 aliphatic carbocycles. The molecule has 2 N–H and O–H groups in total. The Morgan fingerprint density at radius 2 is 2.00 bits per heavy atom. The zero-order chi connectivity index (χ0) is 14.7. The number of H-pyrrole nitrogens is 1. The zero-order valence-corrected chi connectivity index (χ0v) is 11.4. The molecule has 0 atom stereocenters. The first-order chi connectivity index (χ1) is 9.58. The Labute approximate surface area is 116 Å². The van der Waals surface area contributed by atoms with Crippen LogP contribution in [0.4, 0.5) is 0 Å². The van der Waals surface area contributed by atoms with Gasteiger partial charge in [-0.2, -0.15) is 0 Å². The van der Waals surface area contributed by atoms with Gasteiger partial charge in [0.2, 0.25) is 5.78 Å². The van der Waals surface area contributed by atoms with Gasteiger partial charge in [0, 0.05) is 5.56 Å². The van der Waals surface area contributed by atoms with E-state index in [4.69, 9.17) is 5.11 Å². The van der Waals surface area contributed by atoms with Gasteiger partial charge in [-0.1, -0.05) is 26.0 Å². The third-order valence-corrected chi connectivity index (χ3v) is 3.28. The maximum Gasteiger partial charge on any atom is 0.354 e. The number of nitrogens with zero attached hydrogens (tertiary/aromatic N) is 1. The van der Waals surface area contributed by atoms with Crippen LogP contribution in [0.25, 0.3) is 0 Å². The van der Waals surface area contributed by atoms with E-state index in [9.17, 15) is 9.59 Å². The molecule has 5 heteroatoms. The summed E-state index contributed by atoms with van der Waals surface area (Å²) in [6.07, 6.45) is 2.75. The predicted molar refractivity (Wildman–Crippen MR) is 74.2 cm³/mol. The fourth-order valence-corrected chi connectivity index (χ4v) is 2.12. The highest BCUT2D eigenvalue weighted by atomic mass is 16.4. The number of hydrogen-bond donors (Lipinski definition) is 2. The van der Waals surface area contributed by atoms with E-state index in [2.05, 4.69) is 9.97 Å². The first-order valence-corrected chi connectivity index (χ1v) is 6.51. The van der Waals surface area contributed by atoms with Crippen molar-refractivity contribution in [3.8, 4) is 0 Å². The molecule has 0 amide bonds.